The second kappa shape index (κ2) is 10.5. The van der Waals surface area contributed by atoms with E-state index in [0.717, 1.165) is 57.8 Å². The van der Waals surface area contributed by atoms with Crippen LogP contribution in [0.5, 0.6) is 0 Å². The molecule has 0 bridgehead atoms. The molecule has 0 aromatic heterocycles. The summed E-state index contributed by atoms with van der Waals surface area (Å²) in [7, 11) is 0. The molecule has 1 aromatic rings. The zero-order chi connectivity index (χ0) is 21.7. The molecule has 2 atom stereocenters. The first-order valence-electron chi connectivity index (χ1n) is 12.2. The van der Waals surface area contributed by atoms with Crippen molar-refractivity contribution in [1.29, 1.82) is 0 Å². The standard InChI is InChI=1S/C26H38F4/c1-3-5-6-8-19-11-16-23(26(29,30)17-19)22-15-14-21(24(27)25(22)28)20-12-9-18(7-4-2)10-13-20/h14-15,18-20,23H,3-13,16-17H2,1-2H3. The van der Waals surface area contributed by atoms with Crippen molar-refractivity contribution in [2.45, 2.75) is 115 Å². The Balaban J connectivity index is 1.69. The van der Waals surface area contributed by atoms with Gasteiger partial charge >= 0.3 is 0 Å². The molecule has 3 rings (SSSR count). The monoisotopic (exact) mass is 426 g/mol. The van der Waals surface area contributed by atoms with Gasteiger partial charge in [-0.1, -0.05) is 64.5 Å². The summed E-state index contributed by atoms with van der Waals surface area (Å²) in [5.41, 5.74) is 0.274. The van der Waals surface area contributed by atoms with E-state index in [0.29, 0.717) is 17.9 Å². The summed E-state index contributed by atoms with van der Waals surface area (Å²) in [5, 5.41) is 0. The highest BCUT2D eigenvalue weighted by Gasteiger charge is 2.47. The van der Waals surface area contributed by atoms with Gasteiger partial charge in [-0.05, 0) is 67.4 Å². The summed E-state index contributed by atoms with van der Waals surface area (Å²) >= 11 is 0. The van der Waals surface area contributed by atoms with Gasteiger partial charge in [0.2, 0.25) is 0 Å². The first kappa shape index (κ1) is 23.6. The molecule has 2 aliphatic carbocycles. The summed E-state index contributed by atoms with van der Waals surface area (Å²) in [6, 6.07) is 3.06. The van der Waals surface area contributed by atoms with Crippen LogP contribution in [0.1, 0.15) is 120 Å². The molecule has 2 fully saturated rings. The van der Waals surface area contributed by atoms with Crippen molar-refractivity contribution >= 4 is 0 Å². The van der Waals surface area contributed by atoms with E-state index in [1.807, 2.05) is 0 Å². The van der Waals surface area contributed by atoms with Crippen LogP contribution in [-0.2, 0) is 0 Å². The Kier molecular flexibility index (Phi) is 8.26. The SMILES string of the molecule is CCCCCC1CCC(c2ccc(C3CCC(CCC)CC3)c(F)c2F)C(F)(F)C1. The third-order valence-corrected chi connectivity index (χ3v) is 7.65. The minimum absolute atomic E-state index is 0.00622. The maximum atomic E-state index is 15.0. The van der Waals surface area contributed by atoms with Crippen LogP contribution in [0.15, 0.2) is 12.1 Å². The van der Waals surface area contributed by atoms with Crippen LogP contribution in [0, 0.1) is 23.5 Å². The average Bonchev–Trinajstić information content (AvgIpc) is 2.71. The lowest BCUT2D eigenvalue weighted by molar-refractivity contribution is -0.0747. The predicted molar refractivity (Wildman–Crippen MR) is 115 cm³/mol. The fourth-order valence-electron chi connectivity index (χ4n) is 5.89. The predicted octanol–water partition coefficient (Wildman–Crippen LogP) is 9.14. The van der Waals surface area contributed by atoms with Gasteiger partial charge < -0.3 is 0 Å². The topological polar surface area (TPSA) is 0 Å². The first-order valence-corrected chi connectivity index (χ1v) is 12.2. The van der Waals surface area contributed by atoms with Gasteiger partial charge in [0.1, 0.15) is 0 Å². The molecule has 2 unspecified atom stereocenters. The quantitative estimate of drug-likeness (QED) is 0.287. The third kappa shape index (κ3) is 5.40. The highest BCUT2D eigenvalue weighted by Crippen LogP contribution is 2.49. The lowest BCUT2D eigenvalue weighted by Gasteiger charge is -2.37. The van der Waals surface area contributed by atoms with Crippen molar-refractivity contribution in [2.24, 2.45) is 11.8 Å². The van der Waals surface area contributed by atoms with E-state index in [2.05, 4.69) is 13.8 Å². The van der Waals surface area contributed by atoms with Gasteiger partial charge in [0.25, 0.3) is 5.92 Å². The number of halogens is 4. The van der Waals surface area contributed by atoms with Crippen molar-refractivity contribution in [1.82, 2.24) is 0 Å². The second-order valence-corrected chi connectivity index (χ2v) is 9.84. The Bertz CT molecular complexity index is 676. The van der Waals surface area contributed by atoms with Crippen LogP contribution >= 0.6 is 0 Å². The van der Waals surface area contributed by atoms with Gasteiger partial charge in [0.15, 0.2) is 11.6 Å². The fourth-order valence-corrected chi connectivity index (χ4v) is 5.89. The molecule has 0 N–H and O–H groups in total. The first-order chi connectivity index (χ1) is 14.4. The number of rotatable bonds is 8. The van der Waals surface area contributed by atoms with Gasteiger partial charge in [-0.3, -0.25) is 0 Å². The van der Waals surface area contributed by atoms with E-state index in [-0.39, 0.29) is 30.2 Å². The van der Waals surface area contributed by atoms with Gasteiger partial charge in [0, 0.05) is 6.42 Å². The fraction of sp³-hybridized carbons (Fsp3) is 0.769. The van der Waals surface area contributed by atoms with Gasteiger partial charge in [0.05, 0.1) is 5.92 Å². The molecular formula is C26H38F4. The summed E-state index contributed by atoms with van der Waals surface area (Å²) < 4.78 is 59.8. The Labute approximate surface area is 179 Å². The van der Waals surface area contributed by atoms with E-state index in [9.17, 15) is 17.6 Å². The van der Waals surface area contributed by atoms with Gasteiger partial charge in [-0.15, -0.1) is 0 Å². The maximum absolute atomic E-state index is 15.0. The summed E-state index contributed by atoms with van der Waals surface area (Å²) in [5.74, 6) is -5.40. The lowest BCUT2D eigenvalue weighted by Crippen LogP contribution is -2.35. The molecule has 0 radical (unpaired) electrons. The molecule has 0 saturated heterocycles. The zero-order valence-corrected chi connectivity index (χ0v) is 18.7. The number of benzene rings is 1. The summed E-state index contributed by atoms with van der Waals surface area (Å²) in [4.78, 5) is 0. The Morgan fingerprint density at radius 3 is 2.03 bits per heavy atom. The molecule has 1 aromatic carbocycles. The number of hydrogen-bond donors (Lipinski definition) is 0. The molecular weight excluding hydrogens is 388 g/mol. The van der Waals surface area contributed by atoms with Crippen molar-refractivity contribution in [2.75, 3.05) is 0 Å². The van der Waals surface area contributed by atoms with E-state index >= 15 is 0 Å². The summed E-state index contributed by atoms with van der Waals surface area (Å²) in [6.45, 7) is 4.28. The van der Waals surface area contributed by atoms with E-state index in [1.54, 1.807) is 6.07 Å². The van der Waals surface area contributed by atoms with Crippen LogP contribution in [0.3, 0.4) is 0 Å². The van der Waals surface area contributed by atoms with Crippen LogP contribution in [0.4, 0.5) is 17.6 Å². The largest absolute Gasteiger partial charge is 0.255 e. The maximum Gasteiger partial charge on any atom is 0.255 e. The average molecular weight is 427 g/mol. The van der Waals surface area contributed by atoms with E-state index in [4.69, 9.17) is 0 Å². The minimum Gasteiger partial charge on any atom is -0.206 e. The zero-order valence-electron chi connectivity index (χ0n) is 18.7. The molecule has 0 spiro atoms. The van der Waals surface area contributed by atoms with Crippen LogP contribution < -0.4 is 0 Å². The van der Waals surface area contributed by atoms with E-state index < -0.39 is 23.5 Å². The van der Waals surface area contributed by atoms with Crippen molar-refractivity contribution in [3.8, 4) is 0 Å². The molecule has 30 heavy (non-hydrogen) atoms. The molecule has 0 heterocycles. The highest BCUT2D eigenvalue weighted by molar-refractivity contribution is 5.33. The minimum atomic E-state index is -2.97. The highest BCUT2D eigenvalue weighted by atomic mass is 19.3. The molecule has 0 nitrogen and oxygen atoms in total. The molecule has 170 valence electrons. The Morgan fingerprint density at radius 1 is 0.767 bits per heavy atom. The second-order valence-electron chi connectivity index (χ2n) is 9.84. The summed E-state index contributed by atoms with van der Waals surface area (Å²) in [6.07, 6.45) is 10.8. The van der Waals surface area contributed by atoms with Crippen molar-refractivity contribution in [3.63, 3.8) is 0 Å². The number of alkyl halides is 2. The normalized spacial score (nSPS) is 29.1. The molecule has 0 amide bonds. The lowest BCUT2D eigenvalue weighted by atomic mass is 9.73. The van der Waals surface area contributed by atoms with Crippen molar-refractivity contribution in [3.05, 3.63) is 34.9 Å². The van der Waals surface area contributed by atoms with Crippen LogP contribution in [0.25, 0.3) is 0 Å². The van der Waals surface area contributed by atoms with Gasteiger partial charge in [-0.2, -0.15) is 0 Å². The van der Waals surface area contributed by atoms with Gasteiger partial charge in [-0.25, -0.2) is 17.6 Å². The van der Waals surface area contributed by atoms with Crippen LogP contribution in [-0.4, -0.2) is 5.92 Å². The Hall–Kier alpha value is -1.06. The smallest absolute Gasteiger partial charge is 0.206 e. The molecule has 4 heteroatoms. The molecule has 2 saturated carbocycles. The van der Waals surface area contributed by atoms with Crippen LogP contribution in [0.2, 0.25) is 0 Å². The molecule has 2 aliphatic rings. The molecule has 0 aliphatic heterocycles. The van der Waals surface area contributed by atoms with Crippen molar-refractivity contribution < 1.29 is 17.6 Å². The number of unbranched alkanes of at least 4 members (excludes halogenated alkanes) is 2. The Morgan fingerprint density at radius 2 is 1.40 bits per heavy atom. The number of hydrogen-bond acceptors (Lipinski definition) is 0. The third-order valence-electron chi connectivity index (χ3n) is 7.65. The van der Waals surface area contributed by atoms with E-state index in [1.165, 1.54) is 12.5 Å².